The van der Waals surface area contributed by atoms with Gasteiger partial charge in [-0.25, -0.2) is 4.98 Å². The molecule has 1 amide bonds. The van der Waals surface area contributed by atoms with Crippen molar-refractivity contribution >= 4 is 11.7 Å². The Kier molecular flexibility index (Phi) is 4.70. The molecule has 2 N–H and O–H groups in total. The molecule has 0 bridgehead atoms. The van der Waals surface area contributed by atoms with E-state index in [4.69, 9.17) is 9.47 Å². The predicted molar refractivity (Wildman–Crippen MR) is 71.4 cm³/mol. The zero-order valence-electron chi connectivity index (χ0n) is 11.2. The Bertz CT molecular complexity index is 445. The summed E-state index contributed by atoms with van der Waals surface area (Å²) in [6.45, 7) is 4.04. The summed E-state index contributed by atoms with van der Waals surface area (Å²) in [4.78, 5) is 16.3. The van der Waals surface area contributed by atoms with E-state index in [1.165, 1.54) is 0 Å². The molecule has 0 saturated carbocycles. The molecule has 6 heteroatoms. The number of nitrogens with one attached hydrogen (secondary N) is 2. The maximum atomic E-state index is 12.0. The Hall–Kier alpha value is -1.66. The Morgan fingerprint density at radius 1 is 1.47 bits per heavy atom. The van der Waals surface area contributed by atoms with Crippen LogP contribution in [0.25, 0.3) is 0 Å². The summed E-state index contributed by atoms with van der Waals surface area (Å²) in [6.07, 6.45) is -0.0654. The zero-order valence-corrected chi connectivity index (χ0v) is 11.2. The highest BCUT2D eigenvalue weighted by molar-refractivity contribution is 5.95. The molecule has 2 rings (SSSR count). The fraction of sp³-hybridized carbons (Fsp3) is 0.538. The maximum Gasteiger partial charge on any atom is 0.251 e. The lowest BCUT2D eigenvalue weighted by Crippen LogP contribution is -2.39. The molecule has 1 aliphatic rings. The van der Waals surface area contributed by atoms with Crippen LogP contribution in [0.4, 0.5) is 5.82 Å². The quantitative estimate of drug-likeness (QED) is 0.833. The van der Waals surface area contributed by atoms with Gasteiger partial charge in [-0.2, -0.15) is 0 Å². The number of nitrogens with zero attached hydrogens (tertiary/aromatic N) is 1. The van der Waals surface area contributed by atoms with Crippen molar-refractivity contribution in [1.82, 2.24) is 10.3 Å². The van der Waals surface area contributed by atoms with Gasteiger partial charge >= 0.3 is 0 Å². The van der Waals surface area contributed by atoms with Crippen LogP contribution in [0.2, 0.25) is 0 Å². The van der Waals surface area contributed by atoms with Crippen LogP contribution < -0.4 is 10.6 Å². The van der Waals surface area contributed by atoms with E-state index >= 15 is 0 Å². The summed E-state index contributed by atoms with van der Waals surface area (Å²) in [6, 6.07) is 3.48. The van der Waals surface area contributed by atoms with Gasteiger partial charge in [0.1, 0.15) is 5.82 Å². The second kappa shape index (κ2) is 6.49. The van der Waals surface area contributed by atoms with Gasteiger partial charge in [-0.3, -0.25) is 4.79 Å². The summed E-state index contributed by atoms with van der Waals surface area (Å²) in [7, 11) is 1.77. The molecule has 6 nitrogen and oxygen atoms in total. The van der Waals surface area contributed by atoms with Gasteiger partial charge in [0.05, 0.1) is 25.9 Å². The van der Waals surface area contributed by atoms with E-state index in [0.29, 0.717) is 37.7 Å². The molecule has 1 aromatic rings. The van der Waals surface area contributed by atoms with Gasteiger partial charge in [-0.15, -0.1) is 0 Å². The van der Waals surface area contributed by atoms with Gasteiger partial charge in [0.25, 0.3) is 5.91 Å². The minimum atomic E-state index is -0.129. The fourth-order valence-electron chi connectivity index (χ4n) is 1.89. The van der Waals surface area contributed by atoms with Crippen LogP contribution >= 0.6 is 0 Å². The van der Waals surface area contributed by atoms with E-state index in [1.807, 2.05) is 6.92 Å². The summed E-state index contributed by atoms with van der Waals surface area (Å²) in [5.41, 5.74) is 1.39. The highest BCUT2D eigenvalue weighted by Gasteiger charge is 2.16. The maximum absolute atomic E-state index is 12.0. The third-order valence-corrected chi connectivity index (χ3v) is 2.85. The van der Waals surface area contributed by atoms with Crippen LogP contribution in [0.3, 0.4) is 0 Å². The Labute approximate surface area is 112 Å². The number of pyridine rings is 1. The van der Waals surface area contributed by atoms with E-state index in [1.54, 1.807) is 19.2 Å². The van der Waals surface area contributed by atoms with E-state index < -0.39 is 0 Å². The minimum absolute atomic E-state index is 0.0654. The van der Waals surface area contributed by atoms with Crippen molar-refractivity contribution in [2.24, 2.45) is 0 Å². The van der Waals surface area contributed by atoms with Crippen molar-refractivity contribution in [3.63, 3.8) is 0 Å². The molecule has 1 aromatic heterocycles. The van der Waals surface area contributed by atoms with E-state index in [9.17, 15) is 4.79 Å². The molecule has 0 radical (unpaired) electrons. The number of carbonyl (C=O) groups is 1. The normalized spacial score (nSPS) is 18.9. The molecule has 1 atom stereocenters. The van der Waals surface area contributed by atoms with Crippen molar-refractivity contribution in [2.75, 3.05) is 38.7 Å². The number of amides is 1. The number of carbonyl (C=O) groups excluding carboxylic acids is 1. The number of rotatable bonds is 4. The fourth-order valence-corrected chi connectivity index (χ4v) is 1.89. The molecule has 1 unspecified atom stereocenters. The minimum Gasteiger partial charge on any atom is -0.376 e. The second-order valence-corrected chi connectivity index (χ2v) is 4.41. The molecule has 1 saturated heterocycles. The number of anilines is 1. The van der Waals surface area contributed by atoms with Crippen LogP contribution in [0, 0.1) is 6.92 Å². The average Bonchev–Trinajstić information content (AvgIpc) is 2.45. The van der Waals surface area contributed by atoms with Gasteiger partial charge in [-0.1, -0.05) is 0 Å². The first-order valence-electron chi connectivity index (χ1n) is 6.33. The Morgan fingerprint density at radius 3 is 3.00 bits per heavy atom. The van der Waals surface area contributed by atoms with Crippen LogP contribution in [0.5, 0.6) is 0 Å². The SMILES string of the molecule is CNc1cc(C(=O)NCC2COCCO2)cc(C)n1. The van der Waals surface area contributed by atoms with Crippen molar-refractivity contribution < 1.29 is 14.3 Å². The van der Waals surface area contributed by atoms with Crippen LogP contribution in [-0.4, -0.2) is 50.4 Å². The smallest absolute Gasteiger partial charge is 0.251 e. The Morgan fingerprint density at radius 2 is 2.32 bits per heavy atom. The molecule has 1 aliphatic heterocycles. The predicted octanol–water partition coefficient (Wildman–Crippen LogP) is 0.577. The van der Waals surface area contributed by atoms with Crippen molar-refractivity contribution in [3.8, 4) is 0 Å². The molecule has 1 fully saturated rings. The lowest BCUT2D eigenvalue weighted by molar-refractivity contribution is -0.0855. The third kappa shape index (κ3) is 3.90. The number of aryl methyl sites for hydroxylation is 1. The van der Waals surface area contributed by atoms with E-state index in [-0.39, 0.29) is 12.0 Å². The van der Waals surface area contributed by atoms with Gasteiger partial charge in [0.2, 0.25) is 0 Å². The molecular formula is C13H19N3O3. The van der Waals surface area contributed by atoms with Crippen LogP contribution in [0.1, 0.15) is 16.1 Å². The van der Waals surface area contributed by atoms with Crippen LogP contribution in [-0.2, 0) is 9.47 Å². The van der Waals surface area contributed by atoms with Gasteiger partial charge < -0.3 is 20.1 Å². The van der Waals surface area contributed by atoms with Crippen molar-refractivity contribution in [3.05, 3.63) is 23.4 Å². The summed E-state index contributed by atoms with van der Waals surface area (Å²) in [5, 5.41) is 5.78. The highest BCUT2D eigenvalue weighted by Crippen LogP contribution is 2.09. The van der Waals surface area contributed by atoms with E-state index in [0.717, 1.165) is 5.69 Å². The summed E-state index contributed by atoms with van der Waals surface area (Å²) in [5.74, 6) is 0.554. The first-order chi connectivity index (χ1) is 9.19. The number of hydrogen-bond acceptors (Lipinski definition) is 5. The first kappa shape index (κ1) is 13.8. The lowest BCUT2D eigenvalue weighted by atomic mass is 10.2. The molecule has 0 aromatic carbocycles. The second-order valence-electron chi connectivity index (χ2n) is 4.41. The summed E-state index contributed by atoms with van der Waals surface area (Å²) >= 11 is 0. The third-order valence-electron chi connectivity index (χ3n) is 2.85. The number of aromatic nitrogens is 1. The molecule has 2 heterocycles. The lowest BCUT2D eigenvalue weighted by Gasteiger charge is -2.23. The number of hydrogen-bond donors (Lipinski definition) is 2. The van der Waals surface area contributed by atoms with Gasteiger partial charge in [0.15, 0.2) is 0 Å². The Balaban J connectivity index is 1.93. The van der Waals surface area contributed by atoms with Crippen molar-refractivity contribution in [1.29, 1.82) is 0 Å². The standard InChI is InChI=1S/C13H19N3O3/c1-9-5-10(6-12(14-2)16-9)13(17)15-7-11-8-18-3-4-19-11/h5-6,11H,3-4,7-8H2,1-2H3,(H,14,16)(H,15,17). The molecule has 19 heavy (non-hydrogen) atoms. The topological polar surface area (TPSA) is 72.5 Å². The largest absolute Gasteiger partial charge is 0.376 e. The molecule has 104 valence electrons. The zero-order chi connectivity index (χ0) is 13.7. The molecular weight excluding hydrogens is 246 g/mol. The summed E-state index contributed by atoms with van der Waals surface area (Å²) < 4.78 is 10.7. The molecule has 0 aliphatic carbocycles. The van der Waals surface area contributed by atoms with Crippen molar-refractivity contribution in [2.45, 2.75) is 13.0 Å². The van der Waals surface area contributed by atoms with Gasteiger partial charge in [0, 0.05) is 24.8 Å². The monoisotopic (exact) mass is 265 g/mol. The van der Waals surface area contributed by atoms with Gasteiger partial charge in [-0.05, 0) is 19.1 Å². The number of ether oxygens (including phenoxy) is 2. The molecule has 0 spiro atoms. The van der Waals surface area contributed by atoms with Crippen LogP contribution in [0.15, 0.2) is 12.1 Å². The van der Waals surface area contributed by atoms with E-state index in [2.05, 4.69) is 15.6 Å². The average molecular weight is 265 g/mol. The first-order valence-corrected chi connectivity index (χ1v) is 6.33. The highest BCUT2D eigenvalue weighted by atomic mass is 16.6.